The van der Waals surface area contributed by atoms with Crippen LogP contribution in [0.25, 0.3) is 0 Å². The Labute approximate surface area is 93.9 Å². The van der Waals surface area contributed by atoms with E-state index < -0.39 is 0 Å². The summed E-state index contributed by atoms with van der Waals surface area (Å²) in [6, 6.07) is 3.51. The van der Waals surface area contributed by atoms with E-state index in [1.54, 1.807) is 10.6 Å². The fourth-order valence-electron chi connectivity index (χ4n) is 1.82. The van der Waals surface area contributed by atoms with Crippen molar-refractivity contribution in [2.24, 2.45) is 11.7 Å². The van der Waals surface area contributed by atoms with Crippen molar-refractivity contribution in [1.82, 2.24) is 4.57 Å². The first kappa shape index (κ1) is 10.4. The van der Waals surface area contributed by atoms with Gasteiger partial charge in [-0.25, -0.2) is 0 Å². The van der Waals surface area contributed by atoms with Crippen LogP contribution in [0.4, 0.5) is 0 Å². The lowest BCUT2D eigenvalue weighted by Gasteiger charge is -2.26. The van der Waals surface area contributed by atoms with Crippen LogP contribution in [0.3, 0.4) is 0 Å². The molecule has 1 fully saturated rings. The summed E-state index contributed by atoms with van der Waals surface area (Å²) in [6.45, 7) is 0.801. The lowest BCUT2D eigenvalue weighted by atomic mass is 9.85. The molecule has 0 bridgehead atoms. The molecule has 3 nitrogen and oxygen atoms in total. The first-order valence-electron chi connectivity index (χ1n) is 5.18. The van der Waals surface area contributed by atoms with Crippen LogP contribution in [0.2, 0.25) is 0 Å². The monoisotopic (exact) mass is 222 g/mol. The van der Waals surface area contributed by atoms with E-state index in [1.165, 1.54) is 19.3 Å². The third-order valence-electron chi connectivity index (χ3n) is 2.97. The van der Waals surface area contributed by atoms with Gasteiger partial charge in [0, 0.05) is 12.7 Å². The highest BCUT2D eigenvalue weighted by molar-refractivity contribution is 7.80. The van der Waals surface area contributed by atoms with Gasteiger partial charge in [0.15, 0.2) is 0 Å². The van der Waals surface area contributed by atoms with E-state index in [-0.39, 0.29) is 10.5 Å². The van der Waals surface area contributed by atoms with E-state index in [4.69, 9.17) is 18.0 Å². The van der Waals surface area contributed by atoms with Gasteiger partial charge in [0.2, 0.25) is 0 Å². The quantitative estimate of drug-likeness (QED) is 0.784. The fraction of sp³-hybridized carbons (Fsp3) is 0.455. The Morgan fingerprint density at radius 1 is 1.60 bits per heavy atom. The maximum atomic E-state index is 11.9. The predicted molar refractivity (Wildman–Crippen MR) is 63.9 cm³/mol. The van der Waals surface area contributed by atoms with Gasteiger partial charge >= 0.3 is 0 Å². The predicted octanol–water partition coefficient (Wildman–Crippen LogP) is 1.28. The van der Waals surface area contributed by atoms with E-state index in [1.807, 2.05) is 12.3 Å². The zero-order valence-corrected chi connectivity index (χ0v) is 9.30. The Kier molecular flexibility index (Phi) is 2.86. The Hall–Kier alpha value is -1.16. The number of nitrogens with two attached hydrogens (primary N) is 1. The Balaban J connectivity index is 2.27. The number of aromatic nitrogens is 1. The minimum atomic E-state index is -0.0584. The molecule has 1 heterocycles. The van der Waals surface area contributed by atoms with Gasteiger partial charge < -0.3 is 10.3 Å². The SMILES string of the molecule is NC(=S)c1cccn(CC2CCC2)c1=O. The minimum Gasteiger partial charge on any atom is -0.389 e. The molecule has 2 rings (SSSR count). The number of hydrogen-bond acceptors (Lipinski definition) is 2. The number of pyridine rings is 1. The van der Waals surface area contributed by atoms with Crippen molar-refractivity contribution in [3.63, 3.8) is 0 Å². The van der Waals surface area contributed by atoms with Crippen LogP contribution in [0.15, 0.2) is 23.1 Å². The number of hydrogen-bond donors (Lipinski definition) is 1. The van der Waals surface area contributed by atoms with Crippen molar-refractivity contribution in [2.45, 2.75) is 25.8 Å². The van der Waals surface area contributed by atoms with Crippen molar-refractivity contribution < 1.29 is 0 Å². The first-order valence-corrected chi connectivity index (χ1v) is 5.58. The van der Waals surface area contributed by atoms with E-state index in [0.717, 1.165) is 6.54 Å². The molecule has 1 aliphatic carbocycles. The van der Waals surface area contributed by atoms with Crippen LogP contribution in [-0.2, 0) is 6.54 Å². The summed E-state index contributed by atoms with van der Waals surface area (Å²) in [5.74, 6) is 0.657. The van der Waals surface area contributed by atoms with Crippen LogP contribution < -0.4 is 11.3 Å². The lowest BCUT2D eigenvalue weighted by Crippen LogP contribution is -2.31. The van der Waals surface area contributed by atoms with Crippen LogP contribution in [0.1, 0.15) is 24.8 Å². The number of thiocarbonyl (C=S) groups is 1. The molecule has 80 valence electrons. The molecule has 0 saturated heterocycles. The standard InChI is InChI=1S/C11H14N2OS/c12-10(15)9-5-2-6-13(11(9)14)7-8-3-1-4-8/h2,5-6,8H,1,3-4,7H2,(H2,12,15). The second kappa shape index (κ2) is 4.14. The molecule has 15 heavy (non-hydrogen) atoms. The summed E-state index contributed by atoms with van der Waals surface area (Å²) in [6.07, 6.45) is 5.55. The van der Waals surface area contributed by atoms with Gasteiger partial charge in [0.25, 0.3) is 5.56 Å². The molecule has 0 spiro atoms. The molecular formula is C11H14N2OS. The van der Waals surface area contributed by atoms with Gasteiger partial charge in [0.1, 0.15) is 4.99 Å². The lowest BCUT2D eigenvalue weighted by molar-refractivity contribution is 0.273. The average Bonchev–Trinajstić information content (AvgIpc) is 2.13. The molecule has 2 N–H and O–H groups in total. The van der Waals surface area contributed by atoms with E-state index in [9.17, 15) is 4.79 Å². The zero-order chi connectivity index (χ0) is 10.8. The fourth-order valence-corrected chi connectivity index (χ4v) is 1.98. The summed E-state index contributed by atoms with van der Waals surface area (Å²) in [4.78, 5) is 12.1. The van der Waals surface area contributed by atoms with Crippen LogP contribution in [-0.4, -0.2) is 9.56 Å². The second-order valence-corrected chi connectivity index (χ2v) is 4.48. The van der Waals surface area contributed by atoms with Crippen LogP contribution in [0.5, 0.6) is 0 Å². The summed E-state index contributed by atoms with van der Waals surface area (Å²) in [7, 11) is 0. The average molecular weight is 222 g/mol. The third kappa shape index (κ3) is 2.09. The van der Waals surface area contributed by atoms with Crippen LogP contribution >= 0.6 is 12.2 Å². The molecule has 0 aliphatic heterocycles. The molecule has 0 radical (unpaired) electrons. The summed E-state index contributed by atoms with van der Waals surface area (Å²) in [5, 5.41) is 0. The topological polar surface area (TPSA) is 48.0 Å². The zero-order valence-electron chi connectivity index (χ0n) is 8.48. The molecule has 1 saturated carbocycles. The molecule has 1 aliphatic rings. The van der Waals surface area contributed by atoms with E-state index >= 15 is 0 Å². The van der Waals surface area contributed by atoms with Crippen LogP contribution in [0, 0.1) is 5.92 Å². The first-order chi connectivity index (χ1) is 7.18. The van der Waals surface area contributed by atoms with E-state index in [2.05, 4.69) is 0 Å². The summed E-state index contributed by atoms with van der Waals surface area (Å²) in [5.41, 5.74) is 5.87. The highest BCUT2D eigenvalue weighted by Crippen LogP contribution is 2.27. The van der Waals surface area contributed by atoms with Gasteiger partial charge in [-0.05, 0) is 30.9 Å². The minimum absolute atomic E-state index is 0.0584. The van der Waals surface area contributed by atoms with Crippen molar-refractivity contribution in [3.05, 3.63) is 34.2 Å². The van der Waals surface area contributed by atoms with Crippen molar-refractivity contribution in [2.75, 3.05) is 0 Å². The number of nitrogens with zero attached hydrogens (tertiary/aromatic N) is 1. The summed E-state index contributed by atoms with van der Waals surface area (Å²) >= 11 is 4.83. The smallest absolute Gasteiger partial charge is 0.260 e. The summed E-state index contributed by atoms with van der Waals surface area (Å²) < 4.78 is 1.72. The largest absolute Gasteiger partial charge is 0.389 e. The second-order valence-electron chi connectivity index (χ2n) is 4.04. The molecule has 4 heteroatoms. The number of rotatable bonds is 3. The van der Waals surface area contributed by atoms with Gasteiger partial charge in [-0.1, -0.05) is 18.6 Å². The van der Waals surface area contributed by atoms with Gasteiger partial charge in [-0.3, -0.25) is 4.79 Å². The van der Waals surface area contributed by atoms with Gasteiger partial charge in [0.05, 0.1) is 5.56 Å². The molecule has 1 aromatic rings. The molecule has 1 aromatic heterocycles. The van der Waals surface area contributed by atoms with Crippen molar-refractivity contribution in [3.8, 4) is 0 Å². The Bertz CT molecular complexity index is 434. The highest BCUT2D eigenvalue weighted by atomic mass is 32.1. The molecule has 0 aromatic carbocycles. The molecule has 0 amide bonds. The van der Waals surface area contributed by atoms with E-state index in [0.29, 0.717) is 11.5 Å². The highest BCUT2D eigenvalue weighted by Gasteiger charge is 2.18. The maximum absolute atomic E-state index is 11.9. The molecule has 0 atom stereocenters. The van der Waals surface area contributed by atoms with Gasteiger partial charge in [-0.15, -0.1) is 0 Å². The Morgan fingerprint density at radius 2 is 2.33 bits per heavy atom. The normalized spacial score (nSPS) is 16.0. The van der Waals surface area contributed by atoms with Crippen molar-refractivity contribution >= 4 is 17.2 Å². The third-order valence-corrected chi connectivity index (χ3v) is 3.19. The molecular weight excluding hydrogens is 208 g/mol. The Morgan fingerprint density at radius 3 is 2.87 bits per heavy atom. The maximum Gasteiger partial charge on any atom is 0.260 e. The van der Waals surface area contributed by atoms with Crippen molar-refractivity contribution in [1.29, 1.82) is 0 Å². The molecule has 0 unspecified atom stereocenters. The van der Waals surface area contributed by atoms with Gasteiger partial charge in [-0.2, -0.15) is 0 Å².